The molecule has 4 heteroatoms. The summed E-state index contributed by atoms with van der Waals surface area (Å²) in [7, 11) is 0. The molecule has 1 aliphatic heterocycles. The molecular formula is C7H8N2O2. The van der Waals surface area contributed by atoms with E-state index in [1.54, 1.807) is 6.20 Å². The third-order valence-corrected chi connectivity index (χ3v) is 1.73. The first kappa shape index (κ1) is 6.27. The molecule has 4 nitrogen and oxygen atoms in total. The van der Waals surface area contributed by atoms with Crippen LogP contribution in [0.2, 0.25) is 0 Å². The van der Waals surface area contributed by atoms with Gasteiger partial charge in [-0.3, -0.25) is 0 Å². The second-order valence-corrected chi connectivity index (χ2v) is 2.44. The fraction of sp³-hybridized carbons (Fsp3) is 0.286. The number of pyridine rings is 1. The third-order valence-electron chi connectivity index (χ3n) is 1.73. The van der Waals surface area contributed by atoms with Gasteiger partial charge in [-0.1, -0.05) is 0 Å². The molecule has 0 atom stereocenters. The van der Waals surface area contributed by atoms with Crippen molar-refractivity contribution in [1.29, 1.82) is 0 Å². The normalized spacial score (nSPS) is 14.2. The molecule has 0 amide bonds. The zero-order valence-corrected chi connectivity index (χ0v) is 5.87. The zero-order chi connectivity index (χ0) is 7.84. The Bertz CT molecular complexity index is 299. The maximum absolute atomic E-state index is 9.31. The number of ether oxygens (including phenoxy) is 1. The van der Waals surface area contributed by atoms with Crippen LogP contribution >= 0.6 is 0 Å². The Hall–Kier alpha value is -1.45. The van der Waals surface area contributed by atoms with Gasteiger partial charge < -0.3 is 15.6 Å². The summed E-state index contributed by atoms with van der Waals surface area (Å²) in [6, 6.07) is 0. The summed E-state index contributed by atoms with van der Waals surface area (Å²) >= 11 is 0. The van der Waals surface area contributed by atoms with Crippen LogP contribution < -0.4 is 10.5 Å². The molecule has 2 heterocycles. The minimum atomic E-state index is -0.0278. The van der Waals surface area contributed by atoms with Crippen LogP contribution in [-0.4, -0.2) is 16.7 Å². The largest absolute Gasteiger partial charge is 0.502 e. The summed E-state index contributed by atoms with van der Waals surface area (Å²) < 4.78 is 5.14. The summed E-state index contributed by atoms with van der Waals surface area (Å²) in [5, 5.41) is 9.31. The van der Waals surface area contributed by atoms with Crippen LogP contribution in [0.1, 0.15) is 5.56 Å². The Labute approximate surface area is 63.6 Å². The van der Waals surface area contributed by atoms with Gasteiger partial charge in [0.05, 0.1) is 6.61 Å². The van der Waals surface area contributed by atoms with Crippen molar-refractivity contribution in [3.8, 4) is 11.5 Å². The van der Waals surface area contributed by atoms with Crippen LogP contribution in [0.3, 0.4) is 0 Å². The van der Waals surface area contributed by atoms with E-state index in [1.807, 2.05) is 0 Å². The maximum atomic E-state index is 9.31. The lowest BCUT2D eigenvalue weighted by Crippen LogP contribution is -1.92. The fourth-order valence-corrected chi connectivity index (χ4v) is 1.14. The number of hydrogen-bond acceptors (Lipinski definition) is 4. The van der Waals surface area contributed by atoms with Crippen molar-refractivity contribution in [3.05, 3.63) is 11.8 Å². The van der Waals surface area contributed by atoms with Crippen molar-refractivity contribution in [2.45, 2.75) is 6.42 Å². The molecular weight excluding hydrogens is 144 g/mol. The molecule has 0 saturated carbocycles. The van der Waals surface area contributed by atoms with Crippen LogP contribution in [0.25, 0.3) is 0 Å². The fourth-order valence-electron chi connectivity index (χ4n) is 1.14. The van der Waals surface area contributed by atoms with Crippen LogP contribution in [0, 0.1) is 0 Å². The minimum Gasteiger partial charge on any atom is -0.502 e. The average Bonchev–Trinajstić information content (AvgIpc) is 2.45. The van der Waals surface area contributed by atoms with Crippen molar-refractivity contribution in [2.75, 3.05) is 12.3 Å². The van der Waals surface area contributed by atoms with E-state index < -0.39 is 0 Å². The Morgan fingerprint density at radius 2 is 2.45 bits per heavy atom. The Balaban J connectivity index is 2.62. The molecule has 1 aliphatic rings. The molecule has 58 valence electrons. The molecule has 0 spiro atoms. The second kappa shape index (κ2) is 2.02. The van der Waals surface area contributed by atoms with Gasteiger partial charge in [0.2, 0.25) is 5.75 Å². The molecule has 1 aromatic rings. The first-order valence-electron chi connectivity index (χ1n) is 3.38. The minimum absolute atomic E-state index is 0.0278. The highest BCUT2D eigenvalue weighted by Crippen LogP contribution is 2.37. The van der Waals surface area contributed by atoms with Gasteiger partial charge in [-0.05, 0) is 0 Å². The number of nitrogens with zero attached hydrogens (tertiary/aromatic N) is 1. The van der Waals surface area contributed by atoms with Gasteiger partial charge >= 0.3 is 0 Å². The first-order chi connectivity index (χ1) is 5.29. The Kier molecular flexibility index (Phi) is 1.15. The van der Waals surface area contributed by atoms with E-state index in [4.69, 9.17) is 10.5 Å². The number of hydrogen-bond donors (Lipinski definition) is 2. The second-order valence-electron chi connectivity index (χ2n) is 2.44. The molecule has 0 aromatic carbocycles. The van der Waals surface area contributed by atoms with Crippen LogP contribution in [-0.2, 0) is 6.42 Å². The summed E-state index contributed by atoms with van der Waals surface area (Å²) in [5.74, 6) is 0.600. The van der Waals surface area contributed by atoms with E-state index in [2.05, 4.69) is 4.98 Å². The Morgan fingerprint density at radius 3 is 3.27 bits per heavy atom. The zero-order valence-electron chi connectivity index (χ0n) is 5.87. The topological polar surface area (TPSA) is 68.4 Å². The lowest BCUT2D eigenvalue weighted by atomic mass is 10.2. The van der Waals surface area contributed by atoms with Crippen LogP contribution in [0.15, 0.2) is 6.20 Å². The summed E-state index contributed by atoms with van der Waals surface area (Å²) in [6.45, 7) is 0.605. The molecule has 0 saturated heterocycles. The number of nitrogens with two attached hydrogens (primary N) is 1. The Morgan fingerprint density at radius 1 is 1.64 bits per heavy atom. The lowest BCUT2D eigenvalue weighted by molar-refractivity contribution is 0.335. The molecule has 0 radical (unpaired) electrons. The lowest BCUT2D eigenvalue weighted by Gasteiger charge is -2.02. The highest BCUT2D eigenvalue weighted by atomic mass is 16.5. The van der Waals surface area contributed by atoms with E-state index in [-0.39, 0.29) is 11.6 Å². The van der Waals surface area contributed by atoms with E-state index in [9.17, 15) is 5.11 Å². The SMILES string of the molecule is Nc1ncc2c(c1O)OCC2. The van der Waals surface area contributed by atoms with Crippen molar-refractivity contribution >= 4 is 5.82 Å². The third kappa shape index (κ3) is 0.790. The van der Waals surface area contributed by atoms with Gasteiger partial charge in [-0.15, -0.1) is 0 Å². The van der Waals surface area contributed by atoms with E-state index in [0.717, 1.165) is 12.0 Å². The molecule has 3 N–H and O–H groups in total. The molecule has 0 aliphatic carbocycles. The highest BCUT2D eigenvalue weighted by Gasteiger charge is 2.18. The van der Waals surface area contributed by atoms with Gasteiger partial charge in [0, 0.05) is 18.2 Å². The molecule has 11 heavy (non-hydrogen) atoms. The van der Waals surface area contributed by atoms with Crippen molar-refractivity contribution in [1.82, 2.24) is 4.98 Å². The van der Waals surface area contributed by atoms with E-state index >= 15 is 0 Å². The standard InChI is InChI=1S/C7H8N2O2/c8-7-5(10)6-4(3-9-7)1-2-11-6/h3,10H,1-2H2,(H2,8,9). The number of nitrogen functional groups attached to an aromatic ring is 1. The van der Waals surface area contributed by atoms with Gasteiger partial charge in [0.25, 0.3) is 0 Å². The number of fused-ring (bicyclic) bond motifs is 1. The van der Waals surface area contributed by atoms with Gasteiger partial charge in [0.1, 0.15) is 0 Å². The summed E-state index contributed by atoms with van der Waals surface area (Å²) in [4.78, 5) is 3.80. The van der Waals surface area contributed by atoms with Gasteiger partial charge in [-0.25, -0.2) is 4.98 Å². The van der Waals surface area contributed by atoms with Gasteiger partial charge in [-0.2, -0.15) is 0 Å². The average molecular weight is 152 g/mol. The van der Waals surface area contributed by atoms with Crippen molar-refractivity contribution in [2.24, 2.45) is 0 Å². The van der Waals surface area contributed by atoms with E-state index in [1.165, 1.54) is 0 Å². The van der Waals surface area contributed by atoms with Crippen LogP contribution in [0.4, 0.5) is 5.82 Å². The molecule has 0 fully saturated rings. The van der Waals surface area contributed by atoms with E-state index in [0.29, 0.717) is 12.4 Å². The molecule has 1 aromatic heterocycles. The maximum Gasteiger partial charge on any atom is 0.201 e. The van der Waals surface area contributed by atoms with Crippen LogP contribution in [0.5, 0.6) is 11.5 Å². The number of aromatic nitrogens is 1. The number of anilines is 1. The predicted octanol–water partition coefficient (Wildman–Crippen LogP) is 0.304. The first-order valence-corrected chi connectivity index (χ1v) is 3.38. The molecule has 2 rings (SSSR count). The predicted molar refractivity (Wildman–Crippen MR) is 39.5 cm³/mol. The number of aromatic hydroxyl groups is 1. The summed E-state index contributed by atoms with van der Waals surface area (Å²) in [6.07, 6.45) is 2.44. The smallest absolute Gasteiger partial charge is 0.201 e. The van der Waals surface area contributed by atoms with Crippen molar-refractivity contribution in [3.63, 3.8) is 0 Å². The number of rotatable bonds is 0. The highest BCUT2D eigenvalue weighted by molar-refractivity contribution is 5.58. The van der Waals surface area contributed by atoms with Gasteiger partial charge in [0.15, 0.2) is 11.6 Å². The monoisotopic (exact) mass is 152 g/mol. The molecule has 0 bridgehead atoms. The summed E-state index contributed by atoms with van der Waals surface area (Å²) in [5.41, 5.74) is 6.28. The molecule has 0 unspecified atom stereocenters. The van der Waals surface area contributed by atoms with Crippen molar-refractivity contribution < 1.29 is 9.84 Å². The quantitative estimate of drug-likeness (QED) is 0.561.